The van der Waals surface area contributed by atoms with Crippen molar-refractivity contribution in [3.05, 3.63) is 28.3 Å². The van der Waals surface area contributed by atoms with E-state index < -0.39 is 25.6 Å². The zero-order valence-corrected chi connectivity index (χ0v) is 8.06. The van der Waals surface area contributed by atoms with Crippen molar-refractivity contribution in [1.82, 2.24) is 0 Å². The van der Waals surface area contributed by atoms with Crippen molar-refractivity contribution >= 4 is 21.5 Å². The highest BCUT2D eigenvalue weighted by molar-refractivity contribution is 7.86. The fraction of sp³-hybridized carbons (Fsp3) is 0. The standard InChI is InChI=1S/C6H7N3O5S/c7-8-5-2-1-4(9(10)11)3-6(5)15(12,13)14/h1-3,8H,7H2,(H,12,13,14). The van der Waals surface area contributed by atoms with Gasteiger partial charge in [-0.3, -0.25) is 20.5 Å². The summed E-state index contributed by atoms with van der Waals surface area (Å²) in [7, 11) is -4.55. The second-order valence-electron chi connectivity index (χ2n) is 2.56. The monoisotopic (exact) mass is 233 g/mol. The van der Waals surface area contributed by atoms with Gasteiger partial charge in [0.05, 0.1) is 10.6 Å². The molecule has 1 aromatic carbocycles. The van der Waals surface area contributed by atoms with Crippen molar-refractivity contribution in [2.75, 3.05) is 5.43 Å². The molecule has 82 valence electrons. The Morgan fingerprint density at radius 1 is 1.47 bits per heavy atom. The lowest BCUT2D eigenvalue weighted by atomic mass is 10.3. The summed E-state index contributed by atoms with van der Waals surface area (Å²) < 4.78 is 30.4. The van der Waals surface area contributed by atoms with E-state index in [-0.39, 0.29) is 5.69 Å². The summed E-state index contributed by atoms with van der Waals surface area (Å²) in [6, 6.07) is 2.86. The number of rotatable bonds is 3. The number of nitro benzene ring substituents is 1. The quantitative estimate of drug-likeness (QED) is 0.292. The van der Waals surface area contributed by atoms with Gasteiger partial charge in [0, 0.05) is 12.1 Å². The zero-order valence-electron chi connectivity index (χ0n) is 7.25. The molecular formula is C6H7N3O5S. The molecule has 0 atom stereocenters. The number of nitrogen functional groups attached to an aromatic ring is 1. The highest BCUT2D eigenvalue weighted by Crippen LogP contribution is 2.25. The predicted molar refractivity (Wildman–Crippen MR) is 50.7 cm³/mol. The number of nitrogens with zero attached hydrogens (tertiary/aromatic N) is 1. The number of nitrogens with one attached hydrogen (secondary N) is 1. The maximum atomic E-state index is 10.8. The molecule has 15 heavy (non-hydrogen) atoms. The molecule has 1 aromatic rings. The average molecular weight is 233 g/mol. The maximum Gasteiger partial charge on any atom is 0.296 e. The molecule has 0 bridgehead atoms. The average Bonchev–Trinajstić information content (AvgIpc) is 2.15. The number of nitrogens with two attached hydrogens (primary N) is 1. The SMILES string of the molecule is NNc1ccc([N+](=O)[O-])cc1S(=O)(=O)O. The minimum Gasteiger partial charge on any atom is -0.323 e. The third-order valence-electron chi connectivity index (χ3n) is 1.61. The molecule has 0 amide bonds. The topological polar surface area (TPSA) is 136 Å². The number of anilines is 1. The van der Waals surface area contributed by atoms with Gasteiger partial charge in [0.1, 0.15) is 4.90 Å². The molecular weight excluding hydrogens is 226 g/mol. The molecule has 0 spiro atoms. The number of hydrogen-bond donors (Lipinski definition) is 3. The van der Waals surface area contributed by atoms with E-state index in [4.69, 9.17) is 10.4 Å². The van der Waals surface area contributed by atoms with Crippen LogP contribution in [0.1, 0.15) is 0 Å². The summed E-state index contributed by atoms with van der Waals surface area (Å²) in [5.74, 6) is 4.98. The Balaban J connectivity index is 3.46. The van der Waals surface area contributed by atoms with Crippen LogP contribution in [0.2, 0.25) is 0 Å². The van der Waals surface area contributed by atoms with E-state index in [9.17, 15) is 18.5 Å². The van der Waals surface area contributed by atoms with E-state index >= 15 is 0 Å². The van der Waals surface area contributed by atoms with Gasteiger partial charge in [-0.15, -0.1) is 0 Å². The predicted octanol–water partition coefficient (Wildman–Crippen LogP) is 0.127. The zero-order chi connectivity index (χ0) is 11.6. The van der Waals surface area contributed by atoms with Crippen LogP contribution in [0.4, 0.5) is 11.4 Å². The first-order chi connectivity index (χ1) is 6.86. The third-order valence-corrected chi connectivity index (χ3v) is 2.50. The van der Waals surface area contributed by atoms with Crippen LogP contribution in [0, 0.1) is 10.1 Å². The van der Waals surface area contributed by atoms with E-state index in [2.05, 4.69) is 0 Å². The van der Waals surface area contributed by atoms with Gasteiger partial charge >= 0.3 is 0 Å². The summed E-state index contributed by atoms with van der Waals surface area (Å²) in [5.41, 5.74) is 1.43. The van der Waals surface area contributed by atoms with Crippen LogP contribution in [0.25, 0.3) is 0 Å². The van der Waals surface area contributed by atoms with Crippen LogP contribution in [0.3, 0.4) is 0 Å². The van der Waals surface area contributed by atoms with E-state index in [1.807, 2.05) is 5.43 Å². The fourth-order valence-corrected chi connectivity index (χ4v) is 1.63. The lowest BCUT2D eigenvalue weighted by molar-refractivity contribution is -0.385. The van der Waals surface area contributed by atoms with Crippen molar-refractivity contribution in [3.63, 3.8) is 0 Å². The molecule has 0 unspecified atom stereocenters. The Morgan fingerprint density at radius 2 is 2.07 bits per heavy atom. The maximum absolute atomic E-state index is 10.8. The van der Waals surface area contributed by atoms with E-state index in [0.717, 1.165) is 12.1 Å². The molecule has 0 aliphatic rings. The molecule has 0 saturated carbocycles. The second kappa shape index (κ2) is 3.81. The minimum atomic E-state index is -4.55. The fourth-order valence-electron chi connectivity index (χ4n) is 0.957. The van der Waals surface area contributed by atoms with Gasteiger partial charge in [0.15, 0.2) is 0 Å². The summed E-state index contributed by atoms with van der Waals surface area (Å²) >= 11 is 0. The van der Waals surface area contributed by atoms with Crippen LogP contribution in [-0.4, -0.2) is 17.9 Å². The Labute approximate surface area is 84.6 Å². The second-order valence-corrected chi connectivity index (χ2v) is 3.95. The van der Waals surface area contributed by atoms with Crippen LogP contribution in [-0.2, 0) is 10.1 Å². The summed E-state index contributed by atoms with van der Waals surface area (Å²) in [4.78, 5) is 8.93. The molecule has 0 aliphatic heterocycles. The smallest absolute Gasteiger partial charge is 0.296 e. The Kier molecular flexibility index (Phi) is 2.88. The van der Waals surface area contributed by atoms with E-state index in [1.54, 1.807) is 0 Å². The van der Waals surface area contributed by atoms with E-state index in [1.165, 1.54) is 0 Å². The van der Waals surface area contributed by atoms with Crippen molar-refractivity contribution in [3.8, 4) is 0 Å². The van der Waals surface area contributed by atoms with E-state index in [0.29, 0.717) is 6.07 Å². The van der Waals surface area contributed by atoms with Gasteiger partial charge in [-0.2, -0.15) is 8.42 Å². The molecule has 0 aliphatic carbocycles. The highest BCUT2D eigenvalue weighted by Gasteiger charge is 2.19. The first-order valence-corrected chi connectivity index (χ1v) is 5.03. The molecule has 4 N–H and O–H groups in total. The molecule has 0 fully saturated rings. The number of non-ortho nitro benzene ring substituents is 1. The van der Waals surface area contributed by atoms with Gasteiger partial charge in [0.25, 0.3) is 15.8 Å². The summed E-state index contributed by atoms with van der Waals surface area (Å²) in [6.45, 7) is 0. The van der Waals surface area contributed by atoms with Gasteiger partial charge in [0.2, 0.25) is 0 Å². The molecule has 9 heteroatoms. The van der Waals surface area contributed by atoms with Crippen LogP contribution in [0.5, 0.6) is 0 Å². The third kappa shape index (κ3) is 2.40. The van der Waals surface area contributed by atoms with Crippen molar-refractivity contribution < 1.29 is 17.9 Å². The molecule has 1 rings (SSSR count). The molecule has 8 nitrogen and oxygen atoms in total. The van der Waals surface area contributed by atoms with Crippen molar-refractivity contribution in [1.29, 1.82) is 0 Å². The number of hydrazine groups is 1. The van der Waals surface area contributed by atoms with Crippen LogP contribution >= 0.6 is 0 Å². The summed E-state index contributed by atoms with van der Waals surface area (Å²) in [6.07, 6.45) is 0. The van der Waals surface area contributed by atoms with Gasteiger partial charge in [-0.25, -0.2) is 0 Å². The number of nitro groups is 1. The van der Waals surface area contributed by atoms with Crippen molar-refractivity contribution in [2.45, 2.75) is 4.90 Å². The first kappa shape index (κ1) is 11.4. The van der Waals surface area contributed by atoms with Gasteiger partial charge < -0.3 is 5.43 Å². The molecule has 0 radical (unpaired) electrons. The lowest BCUT2D eigenvalue weighted by Crippen LogP contribution is -2.12. The molecule has 0 saturated heterocycles. The van der Waals surface area contributed by atoms with Gasteiger partial charge in [-0.1, -0.05) is 0 Å². The molecule has 0 aromatic heterocycles. The first-order valence-electron chi connectivity index (χ1n) is 3.59. The van der Waals surface area contributed by atoms with Crippen molar-refractivity contribution in [2.24, 2.45) is 5.84 Å². The number of hydrogen-bond acceptors (Lipinski definition) is 6. The lowest BCUT2D eigenvalue weighted by Gasteiger charge is -2.04. The Hall–Kier alpha value is -1.71. The summed E-state index contributed by atoms with van der Waals surface area (Å²) in [5, 5.41) is 10.4. The minimum absolute atomic E-state index is 0.122. The Bertz CT molecular complexity index is 497. The normalized spacial score (nSPS) is 11.1. The van der Waals surface area contributed by atoms with Crippen LogP contribution in [0.15, 0.2) is 23.1 Å². The largest absolute Gasteiger partial charge is 0.323 e. The number of benzene rings is 1. The Morgan fingerprint density at radius 3 is 2.47 bits per heavy atom. The van der Waals surface area contributed by atoms with Gasteiger partial charge in [-0.05, 0) is 6.07 Å². The molecule has 0 heterocycles. The highest BCUT2D eigenvalue weighted by atomic mass is 32.2. The van der Waals surface area contributed by atoms with Crippen LogP contribution < -0.4 is 11.3 Å².